The average molecular weight is 557 g/mol. The second-order valence-corrected chi connectivity index (χ2v) is 10.2. The van der Waals surface area contributed by atoms with Gasteiger partial charge >= 0.3 is 6.09 Å². The number of aromatic nitrogens is 2. The molecular formula is C26H25ClN4O6S. The van der Waals surface area contributed by atoms with E-state index < -0.39 is 18.1 Å². The van der Waals surface area contributed by atoms with Crippen molar-refractivity contribution in [2.24, 2.45) is 5.73 Å². The molecule has 1 fully saturated rings. The monoisotopic (exact) mass is 556 g/mol. The molecule has 2 amide bonds. The standard InChI is InChI=1S/C26H25ClN4O6S/c1-15(18-4-2-3-5-19(18)27)37-22-11-23(38-24(22)25(28)32)31-14-29-20-7-6-16(10-21(20)31)36-13-17-12-30(26(33)34)8-9-35-17/h2-7,10-11,14-15,17H,8-9,12-13H2,1H3,(H2,28,32)(H,33,34)/t15-,17-/m1/s1. The van der Waals surface area contributed by atoms with E-state index in [9.17, 15) is 14.7 Å². The van der Waals surface area contributed by atoms with Gasteiger partial charge in [-0.2, -0.15) is 0 Å². The average Bonchev–Trinajstić information content (AvgIpc) is 3.51. The molecule has 3 N–H and O–H groups in total. The molecule has 1 aliphatic rings. The van der Waals surface area contributed by atoms with Crippen molar-refractivity contribution < 1.29 is 28.9 Å². The van der Waals surface area contributed by atoms with Crippen molar-refractivity contribution in [3.8, 4) is 16.5 Å². The van der Waals surface area contributed by atoms with Crippen LogP contribution in [0.15, 0.2) is 54.9 Å². The first-order valence-corrected chi connectivity index (χ1v) is 13.0. The summed E-state index contributed by atoms with van der Waals surface area (Å²) in [5, 5.41) is 10.5. The normalized spacial score (nSPS) is 16.4. The summed E-state index contributed by atoms with van der Waals surface area (Å²) in [5.41, 5.74) is 7.94. The zero-order valence-electron chi connectivity index (χ0n) is 20.4. The minimum absolute atomic E-state index is 0.201. The summed E-state index contributed by atoms with van der Waals surface area (Å²) in [7, 11) is 0. The van der Waals surface area contributed by atoms with Gasteiger partial charge in [-0.15, -0.1) is 11.3 Å². The predicted octanol–water partition coefficient (Wildman–Crippen LogP) is 4.74. The van der Waals surface area contributed by atoms with E-state index in [-0.39, 0.29) is 24.1 Å². The van der Waals surface area contributed by atoms with E-state index in [4.69, 9.17) is 31.5 Å². The molecule has 198 valence electrons. The summed E-state index contributed by atoms with van der Waals surface area (Å²) in [4.78, 5) is 29.6. The second kappa shape index (κ2) is 10.9. The Morgan fingerprint density at radius 3 is 2.87 bits per heavy atom. The number of nitrogens with two attached hydrogens (primary N) is 1. The highest BCUT2D eigenvalue weighted by molar-refractivity contribution is 7.16. The van der Waals surface area contributed by atoms with Gasteiger partial charge < -0.3 is 30.0 Å². The van der Waals surface area contributed by atoms with Crippen LogP contribution in [0.2, 0.25) is 5.02 Å². The fourth-order valence-electron chi connectivity index (χ4n) is 4.23. The second-order valence-electron chi connectivity index (χ2n) is 8.72. The van der Waals surface area contributed by atoms with Gasteiger partial charge in [-0.05, 0) is 25.1 Å². The lowest BCUT2D eigenvalue weighted by molar-refractivity contribution is -0.0411. The van der Waals surface area contributed by atoms with Gasteiger partial charge in [-0.3, -0.25) is 9.36 Å². The summed E-state index contributed by atoms with van der Waals surface area (Å²) in [6.07, 6.45) is -0.0977. The number of amides is 2. The number of carbonyl (C=O) groups is 2. The van der Waals surface area contributed by atoms with Gasteiger partial charge in [0.2, 0.25) is 0 Å². The highest BCUT2D eigenvalue weighted by Crippen LogP contribution is 2.37. The van der Waals surface area contributed by atoms with E-state index >= 15 is 0 Å². The van der Waals surface area contributed by atoms with Crippen LogP contribution in [0.4, 0.5) is 4.79 Å². The number of carboxylic acid groups (broad SMARTS) is 1. The van der Waals surface area contributed by atoms with Gasteiger partial charge in [0.05, 0.1) is 24.2 Å². The smallest absolute Gasteiger partial charge is 0.407 e. The molecule has 1 aliphatic heterocycles. The molecule has 0 saturated carbocycles. The molecule has 4 aromatic rings. The Bertz CT molecular complexity index is 1490. The molecule has 0 radical (unpaired) electrons. The number of carbonyl (C=O) groups excluding carboxylic acids is 1. The zero-order chi connectivity index (χ0) is 26.8. The van der Waals surface area contributed by atoms with E-state index in [2.05, 4.69) is 4.98 Å². The van der Waals surface area contributed by atoms with Crippen molar-refractivity contribution in [1.82, 2.24) is 14.5 Å². The number of thiophene rings is 1. The summed E-state index contributed by atoms with van der Waals surface area (Å²) >= 11 is 7.52. The van der Waals surface area contributed by atoms with Crippen LogP contribution >= 0.6 is 22.9 Å². The Balaban J connectivity index is 1.38. The first-order chi connectivity index (χ1) is 18.3. The maximum Gasteiger partial charge on any atom is 0.407 e. The summed E-state index contributed by atoms with van der Waals surface area (Å²) in [5.74, 6) is 0.335. The van der Waals surface area contributed by atoms with Crippen LogP contribution in [-0.2, 0) is 4.74 Å². The molecule has 10 nitrogen and oxygen atoms in total. The van der Waals surface area contributed by atoms with Crippen molar-refractivity contribution in [1.29, 1.82) is 0 Å². The third-order valence-corrected chi connectivity index (χ3v) is 7.63. The van der Waals surface area contributed by atoms with Crippen molar-refractivity contribution in [2.45, 2.75) is 19.1 Å². The first-order valence-electron chi connectivity index (χ1n) is 11.8. The van der Waals surface area contributed by atoms with Crippen molar-refractivity contribution >= 4 is 46.0 Å². The van der Waals surface area contributed by atoms with Crippen LogP contribution in [-0.4, -0.2) is 64.0 Å². The van der Waals surface area contributed by atoms with Gasteiger partial charge in [0.1, 0.15) is 46.5 Å². The van der Waals surface area contributed by atoms with E-state index in [0.717, 1.165) is 16.6 Å². The number of morpholine rings is 1. The number of primary amides is 1. The topological polar surface area (TPSA) is 129 Å². The molecule has 0 aliphatic carbocycles. The Labute approximate surface area is 227 Å². The molecule has 1 saturated heterocycles. The third kappa shape index (κ3) is 5.40. The number of rotatable bonds is 8. The van der Waals surface area contributed by atoms with Crippen molar-refractivity contribution in [3.05, 3.63) is 70.3 Å². The minimum Gasteiger partial charge on any atom is -0.491 e. The Morgan fingerprint density at radius 1 is 1.29 bits per heavy atom. The number of fused-ring (bicyclic) bond motifs is 1. The van der Waals surface area contributed by atoms with Crippen LogP contribution in [0.25, 0.3) is 16.0 Å². The molecule has 2 aromatic carbocycles. The van der Waals surface area contributed by atoms with Crippen molar-refractivity contribution in [2.75, 3.05) is 26.3 Å². The molecule has 5 rings (SSSR count). The van der Waals surface area contributed by atoms with Gasteiger partial charge in [-0.1, -0.05) is 29.8 Å². The summed E-state index contributed by atoms with van der Waals surface area (Å²) in [6.45, 7) is 2.97. The maximum absolute atomic E-state index is 12.2. The van der Waals surface area contributed by atoms with Gasteiger partial charge in [0, 0.05) is 29.3 Å². The number of hydrogen-bond donors (Lipinski definition) is 2. The summed E-state index contributed by atoms with van der Waals surface area (Å²) in [6, 6.07) is 14.6. The largest absolute Gasteiger partial charge is 0.491 e. The highest BCUT2D eigenvalue weighted by Gasteiger charge is 2.25. The number of benzene rings is 2. The Morgan fingerprint density at radius 2 is 2.11 bits per heavy atom. The van der Waals surface area contributed by atoms with E-state index in [0.29, 0.717) is 34.7 Å². The fourth-order valence-corrected chi connectivity index (χ4v) is 5.45. The molecule has 38 heavy (non-hydrogen) atoms. The molecule has 0 bridgehead atoms. The Hall–Kier alpha value is -3.80. The minimum atomic E-state index is -0.973. The van der Waals surface area contributed by atoms with Crippen LogP contribution < -0.4 is 15.2 Å². The lowest BCUT2D eigenvalue weighted by Crippen LogP contribution is -2.47. The predicted molar refractivity (Wildman–Crippen MR) is 143 cm³/mol. The molecule has 3 heterocycles. The molecule has 0 unspecified atom stereocenters. The number of ether oxygens (including phenoxy) is 3. The van der Waals surface area contributed by atoms with E-state index in [1.165, 1.54) is 16.2 Å². The molecule has 2 atom stereocenters. The van der Waals surface area contributed by atoms with Crippen LogP contribution in [0.1, 0.15) is 28.3 Å². The number of nitrogens with zero attached hydrogens (tertiary/aromatic N) is 3. The van der Waals surface area contributed by atoms with Crippen LogP contribution in [0.5, 0.6) is 11.5 Å². The lowest BCUT2D eigenvalue weighted by atomic mass is 10.1. The van der Waals surface area contributed by atoms with E-state index in [1.54, 1.807) is 24.5 Å². The number of hydrogen-bond acceptors (Lipinski definition) is 7. The quantitative estimate of drug-likeness (QED) is 0.321. The lowest BCUT2D eigenvalue weighted by Gasteiger charge is -2.30. The zero-order valence-corrected chi connectivity index (χ0v) is 21.9. The van der Waals surface area contributed by atoms with Gasteiger partial charge in [0.15, 0.2) is 0 Å². The summed E-state index contributed by atoms with van der Waals surface area (Å²) < 4.78 is 19.5. The number of halogens is 1. The van der Waals surface area contributed by atoms with Crippen LogP contribution in [0.3, 0.4) is 0 Å². The molecule has 0 spiro atoms. The van der Waals surface area contributed by atoms with Gasteiger partial charge in [0.25, 0.3) is 5.91 Å². The SMILES string of the molecule is C[C@@H](Oc1cc(-n2cnc3ccc(OC[C@H]4CN(C(=O)O)CCO4)cc32)sc1C(N)=O)c1ccccc1Cl. The molecule has 2 aromatic heterocycles. The molecule has 12 heteroatoms. The number of imidazole rings is 1. The maximum atomic E-state index is 12.2. The third-order valence-electron chi connectivity index (χ3n) is 6.16. The first kappa shape index (κ1) is 25.8. The Kier molecular flexibility index (Phi) is 7.41. The van der Waals surface area contributed by atoms with Gasteiger partial charge in [-0.25, -0.2) is 9.78 Å². The van der Waals surface area contributed by atoms with Crippen molar-refractivity contribution in [3.63, 3.8) is 0 Å². The van der Waals surface area contributed by atoms with Crippen LogP contribution in [0, 0.1) is 0 Å². The van der Waals surface area contributed by atoms with E-state index in [1.807, 2.05) is 41.8 Å². The molecular weight excluding hydrogens is 532 g/mol. The highest BCUT2D eigenvalue weighted by atomic mass is 35.5. The fraction of sp³-hybridized carbons (Fsp3) is 0.269.